The molecule has 3 heteroatoms. The molecule has 0 spiro atoms. The minimum atomic E-state index is -1.03. The molecule has 1 aliphatic heterocycles. The summed E-state index contributed by atoms with van der Waals surface area (Å²) in [4.78, 5) is 0. The van der Waals surface area contributed by atoms with Crippen LogP contribution in [-0.2, 0) is 10.3 Å². The highest BCUT2D eigenvalue weighted by molar-refractivity contribution is 5.42. The van der Waals surface area contributed by atoms with Crippen LogP contribution in [-0.4, -0.2) is 23.9 Å². The lowest BCUT2D eigenvalue weighted by Gasteiger charge is -2.47. The Labute approximate surface area is 96.0 Å². The van der Waals surface area contributed by atoms with Gasteiger partial charge in [0.1, 0.15) is 23.1 Å². The van der Waals surface area contributed by atoms with Crippen molar-refractivity contribution in [1.29, 1.82) is 0 Å². The first-order valence-corrected chi connectivity index (χ1v) is 5.43. The Morgan fingerprint density at radius 1 is 1.25 bits per heavy atom. The highest BCUT2D eigenvalue weighted by Gasteiger charge is 2.50. The van der Waals surface area contributed by atoms with Crippen molar-refractivity contribution in [2.24, 2.45) is 0 Å². The minimum Gasteiger partial charge on any atom is -0.485 e. The first-order chi connectivity index (χ1) is 7.39. The summed E-state index contributed by atoms with van der Waals surface area (Å²) >= 11 is 0. The highest BCUT2D eigenvalue weighted by atomic mass is 16.6. The average Bonchev–Trinajstić information content (AvgIpc) is 2.16. The summed E-state index contributed by atoms with van der Waals surface area (Å²) in [7, 11) is 1.60. The van der Waals surface area contributed by atoms with E-state index in [1.807, 2.05) is 38.1 Å². The van der Waals surface area contributed by atoms with Crippen LogP contribution in [0.15, 0.2) is 24.3 Å². The van der Waals surface area contributed by atoms with Crippen LogP contribution in [0.4, 0.5) is 0 Å². The Balaban J connectivity index is 2.57. The van der Waals surface area contributed by atoms with E-state index in [0.29, 0.717) is 0 Å². The predicted octanol–water partition coefficient (Wildman–Crippen LogP) is 2.08. The fourth-order valence-corrected chi connectivity index (χ4v) is 2.64. The van der Waals surface area contributed by atoms with E-state index < -0.39 is 17.3 Å². The average molecular weight is 222 g/mol. The lowest BCUT2D eigenvalue weighted by molar-refractivity contribution is -0.177. The SMILES string of the molecule is COC1C(C)(C)Oc2ccccc2C1(C)O. The van der Waals surface area contributed by atoms with Crippen molar-refractivity contribution in [3.63, 3.8) is 0 Å². The molecule has 0 saturated carbocycles. The lowest BCUT2D eigenvalue weighted by Crippen LogP contribution is -2.57. The summed E-state index contributed by atoms with van der Waals surface area (Å²) in [6, 6.07) is 7.54. The number of methoxy groups -OCH3 is 1. The Hall–Kier alpha value is -1.06. The van der Waals surface area contributed by atoms with Gasteiger partial charge in [0.05, 0.1) is 0 Å². The second-order valence-electron chi connectivity index (χ2n) is 4.96. The molecule has 2 atom stereocenters. The molecule has 16 heavy (non-hydrogen) atoms. The van der Waals surface area contributed by atoms with E-state index in [2.05, 4.69) is 0 Å². The highest BCUT2D eigenvalue weighted by Crippen LogP contribution is 2.44. The van der Waals surface area contributed by atoms with E-state index in [4.69, 9.17) is 9.47 Å². The zero-order valence-electron chi connectivity index (χ0n) is 10.2. The van der Waals surface area contributed by atoms with Crippen LogP contribution in [0.3, 0.4) is 0 Å². The zero-order chi connectivity index (χ0) is 12.0. The Bertz CT molecular complexity index is 396. The minimum absolute atomic E-state index is 0.394. The van der Waals surface area contributed by atoms with Gasteiger partial charge in [-0.2, -0.15) is 0 Å². The maximum atomic E-state index is 10.6. The summed E-state index contributed by atoms with van der Waals surface area (Å²) in [6.07, 6.45) is -0.394. The van der Waals surface area contributed by atoms with Crippen molar-refractivity contribution in [2.45, 2.75) is 38.1 Å². The molecular formula is C13H18O3. The first-order valence-electron chi connectivity index (χ1n) is 5.43. The standard InChI is InChI=1S/C13H18O3/c1-12(2)11(15-4)13(3,14)9-7-5-6-8-10(9)16-12/h5-8,11,14H,1-4H3. The molecule has 1 aromatic rings. The van der Waals surface area contributed by atoms with E-state index in [9.17, 15) is 5.11 Å². The van der Waals surface area contributed by atoms with Gasteiger partial charge in [0.2, 0.25) is 0 Å². The molecule has 2 rings (SSSR count). The number of hydrogen-bond acceptors (Lipinski definition) is 3. The van der Waals surface area contributed by atoms with Crippen LogP contribution in [0.2, 0.25) is 0 Å². The lowest BCUT2D eigenvalue weighted by atomic mass is 9.79. The normalized spacial score (nSPS) is 31.7. The fraction of sp³-hybridized carbons (Fsp3) is 0.538. The molecule has 0 saturated heterocycles. The van der Waals surface area contributed by atoms with Gasteiger partial charge in [-0.25, -0.2) is 0 Å². The molecule has 1 N–H and O–H groups in total. The summed E-state index contributed by atoms with van der Waals surface area (Å²) in [6.45, 7) is 5.61. The number of benzene rings is 1. The number of hydrogen-bond donors (Lipinski definition) is 1. The zero-order valence-corrected chi connectivity index (χ0v) is 10.2. The smallest absolute Gasteiger partial charge is 0.133 e. The third-order valence-electron chi connectivity index (χ3n) is 3.18. The topological polar surface area (TPSA) is 38.7 Å². The van der Waals surface area contributed by atoms with E-state index in [1.54, 1.807) is 14.0 Å². The van der Waals surface area contributed by atoms with Crippen LogP contribution in [0.25, 0.3) is 0 Å². The van der Waals surface area contributed by atoms with Crippen LogP contribution < -0.4 is 4.74 Å². The van der Waals surface area contributed by atoms with Gasteiger partial charge in [-0.05, 0) is 26.8 Å². The number of ether oxygens (including phenoxy) is 2. The molecule has 0 aliphatic carbocycles. The molecular weight excluding hydrogens is 204 g/mol. The first kappa shape index (κ1) is 11.4. The van der Waals surface area contributed by atoms with Gasteiger partial charge in [-0.3, -0.25) is 0 Å². The quantitative estimate of drug-likeness (QED) is 0.790. The van der Waals surface area contributed by atoms with Gasteiger partial charge in [-0.1, -0.05) is 18.2 Å². The van der Waals surface area contributed by atoms with E-state index in [-0.39, 0.29) is 0 Å². The van der Waals surface area contributed by atoms with Gasteiger partial charge in [0.25, 0.3) is 0 Å². The summed E-state index contributed by atoms with van der Waals surface area (Å²) in [5, 5.41) is 10.6. The number of fused-ring (bicyclic) bond motifs is 1. The van der Waals surface area contributed by atoms with Gasteiger partial charge in [-0.15, -0.1) is 0 Å². The second kappa shape index (κ2) is 3.47. The van der Waals surface area contributed by atoms with Gasteiger partial charge < -0.3 is 14.6 Å². The number of rotatable bonds is 1. The van der Waals surface area contributed by atoms with Gasteiger partial charge in [0.15, 0.2) is 0 Å². The summed E-state index contributed by atoms with van der Waals surface area (Å²) in [5.41, 5.74) is -0.805. The third kappa shape index (κ3) is 1.51. The Kier molecular flexibility index (Phi) is 2.48. The van der Waals surface area contributed by atoms with Crippen molar-refractivity contribution >= 4 is 0 Å². The van der Waals surface area contributed by atoms with E-state index in [0.717, 1.165) is 11.3 Å². The molecule has 1 heterocycles. The van der Waals surface area contributed by atoms with Crippen molar-refractivity contribution in [1.82, 2.24) is 0 Å². The van der Waals surface area contributed by atoms with Crippen LogP contribution >= 0.6 is 0 Å². The molecule has 0 bridgehead atoms. The van der Waals surface area contributed by atoms with Crippen LogP contribution in [0.1, 0.15) is 26.3 Å². The monoisotopic (exact) mass is 222 g/mol. The van der Waals surface area contributed by atoms with Gasteiger partial charge in [0, 0.05) is 12.7 Å². The largest absolute Gasteiger partial charge is 0.485 e. The molecule has 0 fully saturated rings. The Morgan fingerprint density at radius 2 is 1.88 bits per heavy atom. The second-order valence-corrected chi connectivity index (χ2v) is 4.96. The molecule has 0 aromatic heterocycles. The van der Waals surface area contributed by atoms with Crippen molar-refractivity contribution in [2.75, 3.05) is 7.11 Å². The maximum absolute atomic E-state index is 10.6. The molecule has 1 aromatic carbocycles. The van der Waals surface area contributed by atoms with Crippen molar-refractivity contribution < 1.29 is 14.6 Å². The van der Waals surface area contributed by atoms with Gasteiger partial charge >= 0.3 is 0 Å². The Morgan fingerprint density at radius 3 is 2.50 bits per heavy atom. The fourth-order valence-electron chi connectivity index (χ4n) is 2.64. The maximum Gasteiger partial charge on any atom is 0.133 e. The molecule has 0 radical (unpaired) electrons. The molecule has 0 amide bonds. The van der Waals surface area contributed by atoms with Crippen molar-refractivity contribution in [3.05, 3.63) is 29.8 Å². The summed E-state index contributed by atoms with van der Waals surface area (Å²) < 4.78 is 11.3. The van der Waals surface area contributed by atoms with Crippen LogP contribution in [0, 0.1) is 0 Å². The summed E-state index contributed by atoms with van der Waals surface area (Å²) in [5.74, 6) is 0.728. The van der Waals surface area contributed by atoms with E-state index >= 15 is 0 Å². The predicted molar refractivity (Wildman–Crippen MR) is 61.5 cm³/mol. The molecule has 1 aliphatic rings. The number of para-hydroxylation sites is 1. The molecule has 3 nitrogen and oxygen atoms in total. The van der Waals surface area contributed by atoms with E-state index in [1.165, 1.54) is 0 Å². The molecule has 2 unspecified atom stereocenters. The van der Waals surface area contributed by atoms with Crippen LogP contribution in [0.5, 0.6) is 5.75 Å². The molecule has 88 valence electrons. The van der Waals surface area contributed by atoms with Crippen molar-refractivity contribution in [3.8, 4) is 5.75 Å². The third-order valence-corrected chi connectivity index (χ3v) is 3.18. The number of aliphatic hydroxyl groups is 1.